The maximum absolute atomic E-state index is 11.9. The molecule has 8 heteroatoms. The molecule has 1 atom stereocenters. The molecule has 122 valence electrons. The normalized spacial score (nSPS) is 11.0. The summed E-state index contributed by atoms with van der Waals surface area (Å²) in [5.74, 6) is -0.0913. The summed E-state index contributed by atoms with van der Waals surface area (Å²) in [4.78, 5) is 15.8. The van der Waals surface area contributed by atoms with Crippen molar-refractivity contribution in [3.05, 3.63) is 42.5 Å². The van der Waals surface area contributed by atoms with Crippen LogP contribution in [0.5, 0.6) is 0 Å². The van der Waals surface area contributed by atoms with Gasteiger partial charge in [0.1, 0.15) is 0 Å². The number of halogens is 2. The molecule has 0 radical (unpaired) electrons. The topological polar surface area (TPSA) is 71.8 Å². The number of carbonyl (C=O) groups excluding carboxylic acids is 1. The fraction of sp³-hybridized carbons (Fsp3) is 0.357. The molecule has 0 aliphatic carbocycles. The molecule has 2 N–H and O–H groups in total. The Labute approximate surface area is 142 Å². The molecule has 0 aromatic carbocycles. The van der Waals surface area contributed by atoms with Crippen LogP contribution in [0.25, 0.3) is 0 Å². The molecule has 0 aliphatic heterocycles. The van der Waals surface area contributed by atoms with Crippen LogP contribution < -0.4 is 10.6 Å². The van der Waals surface area contributed by atoms with Crippen molar-refractivity contribution in [1.82, 2.24) is 20.1 Å². The Hall–Kier alpha value is -1.63. The molecule has 0 spiro atoms. The van der Waals surface area contributed by atoms with Crippen molar-refractivity contribution in [3.8, 4) is 0 Å². The number of amides is 1. The number of pyridine rings is 1. The van der Waals surface area contributed by atoms with Gasteiger partial charge in [0.25, 0.3) is 0 Å². The summed E-state index contributed by atoms with van der Waals surface area (Å²) in [5, 5.41) is 10.1. The van der Waals surface area contributed by atoms with Crippen LogP contribution in [0.15, 0.2) is 36.9 Å². The van der Waals surface area contributed by atoms with Crippen molar-refractivity contribution < 1.29 is 4.79 Å². The van der Waals surface area contributed by atoms with Crippen LogP contribution >= 0.6 is 24.8 Å². The van der Waals surface area contributed by atoms with E-state index in [0.29, 0.717) is 18.8 Å². The van der Waals surface area contributed by atoms with Crippen molar-refractivity contribution in [1.29, 1.82) is 0 Å². The highest BCUT2D eigenvalue weighted by atomic mass is 35.5. The van der Waals surface area contributed by atoms with Gasteiger partial charge in [-0.25, -0.2) is 0 Å². The molecule has 2 aromatic heterocycles. The Morgan fingerprint density at radius 3 is 2.64 bits per heavy atom. The van der Waals surface area contributed by atoms with Gasteiger partial charge in [0.2, 0.25) is 5.91 Å². The number of nitrogens with zero attached hydrogens (tertiary/aromatic N) is 3. The maximum atomic E-state index is 11.9. The molecule has 2 heterocycles. The van der Waals surface area contributed by atoms with Gasteiger partial charge in [0, 0.05) is 31.1 Å². The molecule has 22 heavy (non-hydrogen) atoms. The van der Waals surface area contributed by atoms with Gasteiger partial charge in [-0.05, 0) is 24.7 Å². The van der Waals surface area contributed by atoms with E-state index in [1.807, 2.05) is 32.3 Å². The Bertz CT molecular complexity index is 561. The van der Waals surface area contributed by atoms with Crippen LogP contribution in [0.3, 0.4) is 0 Å². The summed E-state index contributed by atoms with van der Waals surface area (Å²) in [6.45, 7) is 3.19. The van der Waals surface area contributed by atoms with E-state index in [-0.39, 0.29) is 36.6 Å². The molecule has 0 aliphatic rings. The van der Waals surface area contributed by atoms with Gasteiger partial charge in [-0.2, -0.15) is 5.10 Å². The molecule has 0 fully saturated rings. The van der Waals surface area contributed by atoms with Crippen molar-refractivity contribution >= 4 is 36.4 Å². The molecule has 2 aromatic rings. The summed E-state index contributed by atoms with van der Waals surface area (Å²) in [6, 6.07) is 3.88. The lowest BCUT2D eigenvalue weighted by Crippen LogP contribution is -2.28. The van der Waals surface area contributed by atoms with Gasteiger partial charge < -0.3 is 10.6 Å². The Balaban J connectivity index is 0.00000220. The highest BCUT2D eigenvalue weighted by Gasteiger charge is 2.12. The fourth-order valence-corrected chi connectivity index (χ4v) is 1.85. The average molecular weight is 346 g/mol. The van der Waals surface area contributed by atoms with Gasteiger partial charge in [0.15, 0.2) is 0 Å². The lowest BCUT2D eigenvalue weighted by Gasteiger charge is -2.09. The Morgan fingerprint density at radius 2 is 2.00 bits per heavy atom. The quantitative estimate of drug-likeness (QED) is 0.839. The van der Waals surface area contributed by atoms with Crippen molar-refractivity contribution in [2.45, 2.75) is 13.5 Å². The van der Waals surface area contributed by atoms with Crippen LogP contribution in [0.1, 0.15) is 12.5 Å². The zero-order chi connectivity index (χ0) is 14.4. The number of nitrogens with one attached hydrogen (secondary N) is 2. The molecule has 1 amide bonds. The number of carbonyl (C=O) groups is 1. The highest BCUT2D eigenvalue weighted by molar-refractivity contribution is 5.92. The third-order valence-electron chi connectivity index (χ3n) is 2.95. The van der Waals surface area contributed by atoms with Crippen LogP contribution in [-0.4, -0.2) is 34.3 Å². The van der Waals surface area contributed by atoms with Crippen LogP contribution in [-0.2, 0) is 11.3 Å². The van der Waals surface area contributed by atoms with Gasteiger partial charge in [-0.3, -0.25) is 14.5 Å². The van der Waals surface area contributed by atoms with Crippen molar-refractivity contribution in [2.24, 2.45) is 5.92 Å². The van der Waals surface area contributed by atoms with Crippen LogP contribution in [0, 0.1) is 5.92 Å². The summed E-state index contributed by atoms with van der Waals surface area (Å²) in [7, 11) is 1.83. The van der Waals surface area contributed by atoms with E-state index in [1.165, 1.54) is 0 Å². The van der Waals surface area contributed by atoms with E-state index < -0.39 is 0 Å². The molecule has 2 rings (SSSR count). The smallest absolute Gasteiger partial charge is 0.228 e. The van der Waals surface area contributed by atoms with Gasteiger partial charge in [0.05, 0.1) is 18.4 Å². The summed E-state index contributed by atoms with van der Waals surface area (Å²) >= 11 is 0. The Kier molecular flexibility index (Phi) is 9.40. The van der Waals surface area contributed by atoms with E-state index in [1.54, 1.807) is 23.3 Å². The highest BCUT2D eigenvalue weighted by Crippen LogP contribution is 2.09. The first-order chi connectivity index (χ1) is 9.69. The zero-order valence-corrected chi connectivity index (χ0v) is 14.2. The third-order valence-corrected chi connectivity index (χ3v) is 2.95. The predicted molar refractivity (Wildman–Crippen MR) is 91.8 cm³/mol. The van der Waals surface area contributed by atoms with Crippen molar-refractivity contribution in [3.63, 3.8) is 0 Å². The van der Waals surface area contributed by atoms with Crippen molar-refractivity contribution in [2.75, 3.05) is 18.9 Å². The SMILES string of the molecule is CNCC(C)C(=O)Nc1cnn(Cc2ccncc2)c1.Cl.Cl. The molecule has 6 nitrogen and oxygen atoms in total. The largest absolute Gasteiger partial charge is 0.323 e. The van der Waals surface area contributed by atoms with E-state index in [2.05, 4.69) is 20.7 Å². The molecular weight excluding hydrogens is 325 g/mol. The first-order valence-corrected chi connectivity index (χ1v) is 6.56. The van der Waals surface area contributed by atoms with Gasteiger partial charge in [-0.15, -0.1) is 24.8 Å². The minimum absolute atomic E-state index is 0. The van der Waals surface area contributed by atoms with E-state index in [4.69, 9.17) is 0 Å². The number of anilines is 1. The molecule has 0 bridgehead atoms. The van der Waals surface area contributed by atoms with Crippen LogP contribution in [0.4, 0.5) is 5.69 Å². The molecular formula is C14H21Cl2N5O. The second kappa shape index (κ2) is 10.2. The monoisotopic (exact) mass is 345 g/mol. The minimum Gasteiger partial charge on any atom is -0.323 e. The second-order valence-electron chi connectivity index (χ2n) is 4.73. The van der Waals surface area contributed by atoms with Gasteiger partial charge >= 0.3 is 0 Å². The molecule has 0 saturated carbocycles. The third kappa shape index (κ3) is 6.01. The maximum Gasteiger partial charge on any atom is 0.228 e. The van der Waals surface area contributed by atoms with E-state index in [0.717, 1.165) is 5.56 Å². The summed E-state index contributed by atoms with van der Waals surface area (Å²) < 4.78 is 1.79. The molecule has 1 unspecified atom stereocenters. The standard InChI is InChI=1S/C14H19N5O.2ClH/c1-11(7-15-2)14(20)18-13-8-17-19(10-13)9-12-3-5-16-6-4-12;;/h3-6,8,10-11,15H,7,9H2,1-2H3,(H,18,20);2*1H. The Morgan fingerprint density at radius 1 is 1.32 bits per heavy atom. The number of aromatic nitrogens is 3. The molecule has 0 saturated heterocycles. The number of hydrogen-bond donors (Lipinski definition) is 2. The second-order valence-corrected chi connectivity index (χ2v) is 4.73. The lowest BCUT2D eigenvalue weighted by molar-refractivity contribution is -0.119. The van der Waals surface area contributed by atoms with E-state index in [9.17, 15) is 4.79 Å². The number of hydrogen-bond acceptors (Lipinski definition) is 4. The summed E-state index contributed by atoms with van der Waals surface area (Å²) in [6.07, 6.45) is 6.98. The van der Waals surface area contributed by atoms with E-state index >= 15 is 0 Å². The fourth-order valence-electron chi connectivity index (χ4n) is 1.85. The van der Waals surface area contributed by atoms with Crippen LogP contribution in [0.2, 0.25) is 0 Å². The van der Waals surface area contributed by atoms with Gasteiger partial charge in [-0.1, -0.05) is 6.92 Å². The first-order valence-electron chi connectivity index (χ1n) is 6.56. The predicted octanol–water partition coefficient (Wildman–Crippen LogP) is 1.96. The minimum atomic E-state index is -0.0800. The average Bonchev–Trinajstić information content (AvgIpc) is 2.87. The lowest BCUT2D eigenvalue weighted by atomic mass is 10.1. The first kappa shape index (κ1) is 20.4. The zero-order valence-electron chi connectivity index (χ0n) is 12.5. The summed E-state index contributed by atoms with van der Waals surface area (Å²) in [5.41, 5.74) is 1.83. The number of rotatable bonds is 6.